The van der Waals surface area contributed by atoms with Crippen LogP contribution in [0.15, 0.2) is 252 Å². The van der Waals surface area contributed by atoms with Crippen molar-refractivity contribution < 1.29 is 29.3 Å². The maximum Gasteiger partial charge on any atom is 4.00 e. The minimum Gasteiger partial charge on any atom is -0.665 e. The fourth-order valence-electron chi connectivity index (χ4n) is 6.52. The second kappa shape index (κ2) is 24.0. The fraction of sp³-hybridized carbons (Fsp3) is 0.0980. The molecule has 1 fully saturated rings. The third-order valence-corrected chi connectivity index (χ3v) is 14.6. The van der Waals surface area contributed by atoms with Gasteiger partial charge in [-0.3, -0.25) is 0 Å². The van der Waals surface area contributed by atoms with Crippen molar-refractivity contribution in [2.45, 2.75) is 19.6 Å². The number of allylic oxidation sites excluding steroid dienone is 11. The molecule has 0 spiro atoms. The molecule has 9 heteroatoms. The molecule has 6 nitrogen and oxygen atoms in total. The molecule has 0 aliphatic carbocycles. The first-order valence-electron chi connectivity index (χ1n) is 19.8. The Morgan fingerprint density at radius 2 is 0.883 bits per heavy atom. The van der Waals surface area contributed by atoms with Crippen molar-refractivity contribution >= 4 is 37.1 Å². The maximum absolute atomic E-state index is 5.46. The molecule has 0 unspecified atom stereocenters. The van der Waals surface area contributed by atoms with Crippen molar-refractivity contribution in [3.8, 4) is 0 Å². The number of ether oxygens (including phenoxy) is 2. The van der Waals surface area contributed by atoms with Crippen molar-refractivity contribution in [3.05, 3.63) is 274 Å². The van der Waals surface area contributed by atoms with E-state index in [-0.39, 0.29) is 26.1 Å². The van der Waals surface area contributed by atoms with Crippen LogP contribution in [-0.2, 0) is 29.3 Å². The van der Waals surface area contributed by atoms with Crippen molar-refractivity contribution in [2.75, 3.05) is 13.2 Å². The third-order valence-electron chi connectivity index (χ3n) is 9.44. The van der Waals surface area contributed by atoms with Gasteiger partial charge in [-0.05, 0) is 61.0 Å². The van der Waals surface area contributed by atoms with Gasteiger partial charge in [0.1, 0.15) is 32.9 Å². The molecule has 0 radical (unpaired) electrons. The van der Waals surface area contributed by atoms with E-state index in [0.29, 0.717) is 13.2 Å². The fourth-order valence-corrected chi connectivity index (χ4v) is 11.5. The molecule has 0 bridgehead atoms. The van der Waals surface area contributed by atoms with Crippen LogP contribution in [0.25, 0.3) is 21.3 Å². The molecule has 300 valence electrons. The van der Waals surface area contributed by atoms with Crippen LogP contribution < -0.4 is 21.2 Å². The van der Waals surface area contributed by atoms with E-state index in [1.165, 1.54) is 26.8 Å². The number of nitrogens with zero attached hydrogens (tertiary/aromatic N) is 4. The minimum atomic E-state index is -0.964. The van der Waals surface area contributed by atoms with E-state index in [0.717, 1.165) is 34.8 Å². The standard InChI is InChI=1S/C26H22P2.C15H16N2O2.C10H8N2.Os/c1-5-13-23(14-6-1)27(24-15-7-2-8-16-24)21-22-28(25-17-9-3-10-18-25)26-19-11-4-12-20-26;1-11-2-4-16-13(8-11)14-9-12(3-5-17-14)10-15-18-6-7-19-15;1-3-7-11-9(5-1)10-6-2-4-8-12-10;/h1-22H;2-5,8-9,15H,6-7,10H2,1H3;1-8H;/q;2*-2;+4/p+2. The summed E-state index contributed by atoms with van der Waals surface area (Å²) < 4.78 is 10.9. The summed E-state index contributed by atoms with van der Waals surface area (Å²) in [7, 11) is -1.93. The summed E-state index contributed by atoms with van der Waals surface area (Å²) in [6.45, 7) is 3.42. The summed E-state index contributed by atoms with van der Waals surface area (Å²) >= 11 is 0. The maximum atomic E-state index is 5.46. The molecular weight excluding hydrogens is 953 g/mol. The SMILES string of the molecule is C(=C[PH+](c1ccccc1)c1ccccc1)[PH+](c1ccccc1)c1ccccc1.C1=C[N-]C(=C2C=CC=C[N-]2)C=C1.CC1=CC(=C2C=C(CC3OCCO3)C=C[N-]2)[N-]C=C1.[Os+4]. The first kappa shape index (κ1) is 44.2. The molecule has 4 aromatic rings. The summed E-state index contributed by atoms with van der Waals surface area (Å²) in [5.74, 6) is 5.01. The van der Waals surface area contributed by atoms with E-state index in [2.05, 4.69) is 161 Å². The van der Waals surface area contributed by atoms with Crippen LogP contribution in [0, 0.1) is 0 Å². The van der Waals surface area contributed by atoms with Crippen LogP contribution in [0.3, 0.4) is 0 Å². The van der Waals surface area contributed by atoms with Gasteiger partial charge in [0.15, 0.2) is 6.29 Å². The average Bonchev–Trinajstić information content (AvgIpc) is 3.83. The van der Waals surface area contributed by atoms with Crippen LogP contribution in [0.1, 0.15) is 13.3 Å². The van der Waals surface area contributed by atoms with Gasteiger partial charge in [-0.1, -0.05) is 139 Å². The van der Waals surface area contributed by atoms with E-state index in [4.69, 9.17) is 9.47 Å². The predicted molar refractivity (Wildman–Crippen MR) is 255 cm³/mol. The van der Waals surface area contributed by atoms with Crippen LogP contribution >= 0.6 is 15.8 Å². The second-order valence-corrected chi connectivity index (χ2v) is 18.3. The summed E-state index contributed by atoms with van der Waals surface area (Å²) in [4.78, 5) is 0. The monoisotopic (exact) mass is 1000 g/mol. The molecule has 0 N–H and O–H groups in total. The van der Waals surface area contributed by atoms with Crippen molar-refractivity contribution in [1.82, 2.24) is 0 Å². The van der Waals surface area contributed by atoms with Crippen molar-refractivity contribution in [3.63, 3.8) is 0 Å². The second-order valence-electron chi connectivity index (χ2n) is 13.7. The number of benzene rings is 4. The normalized spacial score (nSPS) is 18.9. The molecule has 5 aliphatic rings. The zero-order chi connectivity index (χ0) is 40.3. The van der Waals surface area contributed by atoms with Gasteiger partial charge in [0.2, 0.25) is 0 Å². The first-order chi connectivity index (χ1) is 29.2. The number of hydrogen-bond donors (Lipinski definition) is 0. The number of rotatable bonds is 8. The summed E-state index contributed by atoms with van der Waals surface area (Å²) in [5.41, 5.74) is 5.95. The summed E-state index contributed by atoms with van der Waals surface area (Å²) in [6.07, 6.45) is 27.4. The Hall–Kier alpha value is -5.36. The molecule has 0 atom stereocenters. The van der Waals surface area contributed by atoms with Crippen LogP contribution in [0.2, 0.25) is 0 Å². The molecule has 0 amide bonds. The van der Waals surface area contributed by atoms with Gasteiger partial charge in [0.05, 0.1) is 29.1 Å². The van der Waals surface area contributed by atoms with E-state index < -0.39 is 15.8 Å². The Morgan fingerprint density at radius 1 is 0.483 bits per heavy atom. The Kier molecular flexibility index (Phi) is 17.7. The van der Waals surface area contributed by atoms with E-state index >= 15 is 0 Å². The van der Waals surface area contributed by atoms with Crippen LogP contribution in [-0.4, -0.2) is 19.5 Å². The van der Waals surface area contributed by atoms with E-state index in [9.17, 15) is 0 Å². The van der Waals surface area contributed by atoms with Gasteiger partial charge in [-0.15, -0.1) is 0 Å². The van der Waals surface area contributed by atoms with Gasteiger partial charge >= 0.3 is 19.8 Å². The Morgan fingerprint density at radius 3 is 1.28 bits per heavy atom. The smallest absolute Gasteiger partial charge is 0.665 e. The van der Waals surface area contributed by atoms with Crippen LogP contribution in [0.4, 0.5) is 0 Å². The molecule has 4 aromatic carbocycles. The van der Waals surface area contributed by atoms with Gasteiger partial charge in [-0.25, -0.2) is 0 Å². The molecule has 5 heterocycles. The molecule has 1 saturated heterocycles. The third kappa shape index (κ3) is 13.3. The predicted octanol–water partition coefficient (Wildman–Crippen LogP) is 11.9. The van der Waals surface area contributed by atoms with E-state index in [1.807, 2.05) is 73.2 Å². The summed E-state index contributed by atoms with van der Waals surface area (Å²) in [6, 6.07) is 43.7. The molecule has 0 saturated carbocycles. The molecule has 60 heavy (non-hydrogen) atoms. The van der Waals surface area contributed by atoms with Gasteiger partial charge in [-0.2, -0.15) is 47.6 Å². The topological polar surface area (TPSA) is 74.9 Å². The zero-order valence-electron chi connectivity index (χ0n) is 33.4. The van der Waals surface area contributed by atoms with Gasteiger partial charge in [0, 0.05) is 6.42 Å². The molecule has 0 aromatic heterocycles. The number of hydrogen-bond acceptors (Lipinski definition) is 2. The van der Waals surface area contributed by atoms with Gasteiger partial charge in [0.25, 0.3) is 0 Å². The minimum absolute atomic E-state index is 0. The molecule has 5 aliphatic heterocycles. The molecule has 9 rings (SSSR count). The Bertz CT molecular complexity index is 2130. The largest absolute Gasteiger partial charge is 4.00 e. The van der Waals surface area contributed by atoms with Crippen molar-refractivity contribution in [2.24, 2.45) is 0 Å². The molecular formula is C51H48N4O2OsP2+2. The zero-order valence-corrected chi connectivity index (χ0v) is 38.0. The Labute approximate surface area is 370 Å². The van der Waals surface area contributed by atoms with Crippen molar-refractivity contribution in [1.29, 1.82) is 0 Å². The van der Waals surface area contributed by atoms with E-state index in [1.54, 1.807) is 12.4 Å². The quantitative estimate of drug-likeness (QED) is 0.165. The Balaban J connectivity index is 0.000000163. The first-order valence-corrected chi connectivity index (χ1v) is 22.9. The average molecular weight is 1000 g/mol. The van der Waals surface area contributed by atoms with Gasteiger partial charge < -0.3 is 30.7 Å². The summed E-state index contributed by atoms with van der Waals surface area (Å²) in [5, 5.41) is 22.8. The van der Waals surface area contributed by atoms with Crippen LogP contribution in [0.5, 0.6) is 0 Å².